The molecule has 1 atom stereocenters. The van der Waals surface area contributed by atoms with E-state index in [1.165, 1.54) is 0 Å². The summed E-state index contributed by atoms with van der Waals surface area (Å²) in [5.74, 6) is 5.61. The average molecular weight is 361 g/mol. The molecule has 1 unspecified atom stereocenters. The molecule has 0 aliphatic carbocycles. The average Bonchev–Trinajstić information content (AvgIpc) is 2.37. The van der Waals surface area contributed by atoms with Crippen LogP contribution in [0.1, 0.15) is 17.3 Å². The van der Waals surface area contributed by atoms with Crippen molar-refractivity contribution in [2.24, 2.45) is 5.84 Å². The standard InChI is InChI=1S/C13H12BrCl2N3/c14-9-1-2-12(18-7-9)6-13(19-17)8-3-10(15)5-11(16)4-8/h1-5,7,13,19H,6,17H2. The molecule has 0 spiro atoms. The van der Waals surface area contributed by atoms with Crippen molar-refractivity contribution in [2.75, 3.05) is 0 Å². The Labute approximate surface area is 130 Å². The summed E-state index contributed by atoms with van der Waals surface area (Å²) >= 11 is 15.4. The molecule has 100 valence electrons. The minimum Gasteiger partial charge on any atom is -0.271 e. The van der Waals surface area contributed by atoms with Crippen LogP contribution in [0.25, 0.3) is 0 Å². The highest BCUT2D eigenvalue weighted by Gasteiger charge is 2.13. The first kappa shape index (κ1) is 14.8. The van der Waals surface area contributed by atoms with Gasteiger partial charge in [0, 0.05) is 32.8 Å². The summed E-state index contributed by atoms with van der Waals surface area (Å²) in [5, 5.41) is 1.18. The van der Waals surface area contributed by atoms with Gasteiger partial charge < -0.3 is 0 Å². The molecular formula is C13H12BrCl2N3. The van der Waals surface area contributed by atoms with Gasteiger partial charge in [-0.1, -0.05) is 23.2 Å². The number of hydrazine groups is 1. The van der Waals surface area contributed by atoms with Crippen LogP contribution in [0, 0.1) is 0 Å². The molecule has 3 nitrogen and oxygen atoms in total. The first-order valence-electron chi connectivity index (χ1n) is 5.61. The SMILES string of the molecule is NNC(Cc1ccc(Br)cn1)c1cc(Cl)cc(Cl)c1. The van der Waals surface area contributed by atoms with E-state index in [1.807, 2.05) is 24.3 Å². The smallest absolute Gasteiger partial charge is 0.0516 e. The van der Waals surface area contributed by atoms with Gasteiger partial charge in [-0.15, -0.1) is 0 Å². The molecule has 0 bridgehead atoms. The largest absolute Gasteiger partial charge is 0.271 e. The van der Waals surface area contributed by atoms with Crippen LogP contribution in [-0.2, 0) is 6.42 Å². The summed E-state index contributed by atoms with van der Waals surface area (Å²) in [6, 6.07) is 9.18. The number of benzene rings is 1. The highest BCUT2D eigenvalue weighted by Crippen LogP contribution is 2.25. The summed E-state index contributed by atoms with van der Waals surface area (Å²) in [7, 11) is 0. The zero-order chi connectivity index (χ0) is 13.8. The third-order valence-electron chi connectivity index (χ3n) is 2.69. The lowest BCUT2D eigenvalue weighted by Gasteiger charge is -2.16. The number of halogens is 3. The highest BCUT2D eigenvalue weighted by molar-refractivity contribution is 9.10. The number of nitrogens with two attached hydrogens (primary N) is 1. The Hall–Kier alpha value is -0.650. The van der Waals surface area contributed by atoms with Gasteiger partial charge in [-0.3, -0.25) is 16.3 Å². The van der Waals surface area contributed by atoms with Crippen LogP contribution >= 0.6 is 39.1 Å². The van der Waals surface area contributed by atoms with Crippen molar-refractivity contribution in [2.45, 2.75) is 12.5 Å². The Balaban J connectivity index is 2.22. The lowest BCUT2D eigenvalue weighted by Crippen LogP contribution is -2.29. The normalized spacial score (nSPS) is 12.4. The topological polar surface area (TPSA) is 50.9 Å². The molecule has 3 N–H and O–H groups in total. The van der Waals surface area contributed by atoms with Gasteiger partial charge >= 0.3 is 0 Å². The van der Waals surface area contributed by atoms with Crippen molar-refractivity contribution in [3.8, 4) is 0 Å². The Morgan fingerprint density at radius 2 is 1.89 bits per heavy atom. The van der Waals surface area contributed by atoms with Gasteiger partial charge in [0.2, 0.25) is 0 Å². The van der Waals surface area contributed by atoms with Crippen LogP contribution in [0.5, 0.6) is 0 Å². The van der Waals surface area contributed by atoms with Gasteiger partial charge in [-0.05, 0) is 51.8 Å². The predicted octanol–water partition coefficient (Wildman–Crippen LogP) is 3.90. The first-order chi connectivity index (χ1) is 9.08. The fraction of sp³-hybridized carbons (Fsp3) is 0.154. The summed E-state index contributed by atoms with van der Waals surface area (Å²) < 4.78 is 0.944. The van der Waals surface area contributed by atoms with Crippen LogP contribution in [-0.4, -0.2) is 4.98 Å². The van der Waals surface area contributed by atoms with Crippen molar-refractivity contribution in [1.82, 2.24) is 10.4 Å². The van der Waals surface area contributed by atoms with Crippen LogP contribution in [0.3, 0.4) is 0 Å². The quantitative estimate of drug-likeness (QED) is 0.642. The minimum absolute atomic E-state index is 0.0927. The maximum absolute atomic E-state index is 6.00. The van der Waals surface area contributed by atoms with E-state index >= 15 is 0 Å². The molecule has 0 amide bonds. The number of hydrogen-bond acceptors (Lipinski definition) is 3. The molecule has 0 saturated carbocycles. The molecule has 0 aliphatic rings. The molecule has 0 radical (unpaired) electrons. The first-order valence-corrected chi connectivity index (χ1v) is 7.16. The molecule has 1 aromatic carbocycles. The molecule has 19 heavy (non-hydrogen) atoms. The van der Waals surface area contributed by atoms with E-state index in [2.05, 4.69) is 26.3 Å². The van der Waals surface area contributed by atoms with Crippen molar-refractivity contribution in [3.63, 3.8) is 0 Å². The Bertz CT molecular complexity index is 540. The third-order valence-corrected chi connectivity index (χ3v) is 3.60. The summed E-state index contributed by atoms with van der Waals surface area (Å²) in [6.45, 7) is 0. The fourth-order valence-corrected chi connectivity index (χ4v) is 2.56. The monoisotopic (exact) mass is 359 g/mol. The molecule has 2 aromatic rings. The number of nitrogens with zero attached hydrogens (tertiary/aromatic N) is 1. The number of nitrogens with one attached hydrogen (secondary N) is 1. The molecule has 0 fully saturated rings. The lowest BCUT2D eigenvalue weighted by atomic mass is 10.0. The number of hydrogen-bond donors (Lipinski definition) is 2. The van der Waals surface area contributed by atoms with E-state index < -0.39 is 0 Å². The minimum atomic E-state index is -0.0927. The highest BCUT2D eigenvalue weighted by atomic mass is 79.9. The second kappa shape index (κ2) is 6.68. The predicted molar refractivity (Wildman–Crippen MR) is 82.2 cm³/mol. The summed E-state index contributed by atoms with van der Waals surface area (Å²) in [4.78, 5) is 4.33. The van der Waals surface area contributed by atoms with Crippen molar-refractivity contribution in [3.05, 3.63) is 62.3 Å². The zero-order valence-electron chi connectivity index (χ0n) is 9.91. The van der Waals surface area contributed by atoms with Crippen molar-refractivity contribution < 1.29 is 0 Å². The molecule has 1 heterocycles. The fourth-order valence-electron chi connectivity index (χ4n) is 1.79. The van der Waals surface area contributed by atoms with Crippen LogP contribution < -0.4 is 11.3 Å². The molecule has 1 aromatic heterocycles. The zero-order valence-corrected chi connectivity index (χ0v) is 13.0. The molecule has 6 heteroatoms. The molecule has 2 rings (SSSR count). The molecule has 0 aliphatic heterocycles. The second-order valence-electron chi connectivity index (χ2n) is 4.09. The Morgan fingerprint density at radius 1 is 1.21 bits per heavy atom. The number of pyridine rings is 1. The second-order valence-corrected chi connectivity index (χ2v) is 5.88. The van der Waals surface area contributed by atoms with E-state index in [4.69, 9.17) is 29.0 Å². The number of aromatic nitrogens is 1. The Morgan fingerprint density at radius 3 is 2.42 bits per heavy atom. The maximum atomic E-state index is 6.00. The van der Waals surface area contributed by atoms with E-state index in [9.17, 15) is 0 Å². The van der Waals surface area contributed by atoms with Crippen LogP contribution in [0.15, 0.2) is 41.0 Å². The van der Waals surface area contributed by atoms with Gasteiger partial charge in [0.1, 0.15) is 0 Å². The van der Waals surface area contributed by atoms with Gasteiger partial charge in [-0.2, -0.15) is 0 Å². The lowest BCUT2D eigenvalue weighted by molar-refractivity contribution is 0.546. The van der Waals surface area contributed by atoms with Gasteiger partial charge in [0.05, 0.1) is 6.04 Å². The molecular weight excluding hydrogens is 349 g/mol. The van der Waals surface area contributed by atoms with Gasteiger partial charge in [0.15, 0.2) is 0 Å². The van der Waals surface area contributed by atoms with Crippen molar-refractivity contribution in [1.29, 1.82) is 0 Å². The molecule has 0 saturated heterocycles. The van der Waals surface area contributed by atoms with Crippen LogP contribution in [0.4, 0.5) is 0 Å². The number of rotatable bonds is 4. The van der Waals surface area contributed by atoms with E-state index in [0.717, 1.165) is 15.7 Å². The summed E-state index contributed by atoms with van der Waals surface area (Å²) in [6.07, 6.45) is 2.41. The van der Waals surface area contributed by atoms with E-state index in [0.29, 0.717) is 16.5 Å². The van der Waals surface area contributed by atoms with Crippen LogP contribution in [0.2, 0.25) is 10.0 Å². The maximum Gasteiger partial charge on any atom is 0.0516 e. The Kier molecular flexibility index (Phi) is 5.19. The van der Waals surface area contributed by atoms with Gasteiger partial charge in [0.25, 0.3) is 0 Å². The summed E-state index contributed by atoms with van der Waals surface area (Å²) in [5.41, 5.74) is 4.63. The van der Waals surface area contributed by atoms with Crippen molar-refractivity contribution >= 4 is 39.1 Å². The van der Waals surface area contributed by atoms with E-state index in [1.54, 1.807) is 12.3 Å². The van der Waals surface area contributed by atoms with Gasteiger partial charge in [-0.25, -0.2) is 0 Å². The third kappa shape index (κ3) is 4.16. The van der Waals surface area contributed by atoms with E-state index in [-0.39, 0.29) is 6.04 Å².